The number of nitrogens with one attached hydrogen (secondary N) is 1. The van der Waals surface area contributed by atoms with Gasteiger partial charge in [0.25, 0.3) is 0 Å². The van der Waals surface area contributed by atoms with E-state index >= 15 is 0 Å². The number of nitriles is 1. The van der Waals surface area contributed by atoms with Gasteiger partial charge in [0.15, 0.2) is 0 Å². The molecule has 31 heavy (non-hydrogen) atoms. The lowest BCUT2D eigenvalue weighted by Gasteiger charge is -2.20. The minimum Gasteiger partial charge on any atom is -0.456 e. The van der Waals surface area contributed by atoms with Crippen LogP contribution in [0.4, 0.5) is 0 Å². The molecule has 0 aliphatic carbocycles. The molecule has 2 N–H and O–H groups in total. The van der Waals surface area contributed by atoms with Gasteiger partial charge in [0.05, 0.1) is 41.2 Å². The van der Waals surface area contributed by atoms with Gasteiger partial charge in [-0.1, -0.05) is 12.1 Å². The molecule has 0 bridgehead atoms. The maximum absolute atomic E-state index is 13.2. The highest BCUT2D eigenvalue weighted by atomic mass is 16.6. The van der Waals surface area contributed by atoms with E-state index in [9.17, 15) is 9.90 Å². The van der Waals surface area contributed by atoms with E-state index in [0.717, 1.165) is 28.2 Å². The van der Waals surface area contributed by atoms with Crippen molar-refractivity contribution in [1.82, 2.24) is 14.8 Å². The number of nitrogens with zero attached hydrogens (tertiary/aromatic N) is 3. The van der Waals surface area contributed by atoms with E-state index in [1.807, 2.05) is 57.4 Å². The molecular weight excluding hydrogens is 392 g/mol. The van der Waals surface area contributed by atoms with Crippen molar-refractivity contribution >= 4 is 5.97 Å². The Labute approximate surface area is 182 Å². The van der Waals surface area contributed by atoms with Gasteiger partial charge in [-0.25, -0.2) is 4.79 Å². The Bertz CT molecular complexity index is 1140. The average Bonchev–Trinajstić information content (AvgIpc) is 3.25. The lowest BCUT2D eigenvalue weighted by Crippen LogP contribution is -2.24. The first-order valence-electron chi connectivity index (χ1n) is 10.2. The van der Waals surface area contributed by atoms with E-state index < -0.39 is 11.7 Å². The minimum atomic E-state index is -0.664. The number of ether oxygens (including phenoxy) is 1. The molecule has 0 amide bonds. The lowest BCUT2D eigenvalue weighted by molar-refractivity contribution is 0.00695. The van der Waals surface area contributed by atoms with Crippen LogP contribution in [-0.4, -0.2) is 31.4 Å². The molecule has 0 aliphatic rings. The molecule has 7 nitrogen and oxygen atoms in total. The number of carbonyl (C=O) groups excluding carboxylic acids is 1. The predicted molar refractivity (Wildman–Crippen MR) is 118 cm³/mol. The Kier molecular flexibility index (Phi) is 6.05. The van der Waals surface area contributed by atoms with Crippen LogP contribution in [-0.2, 0) is 11.3 Å². The fourth-order valence-corrected chi connectivity index (χ4v) is 3.61. The zero-order valence-corrected chi connectivity index (χ0v) is 18.8. The highest BCUT2D eigenvalue weighted by molar-refractivity contribution is 6.00. The van der Waals surface area contributed by atoms with Crippen molar-refractivity contribution in [2.75, 3.05) is 0 Å². The number of rotatable bonds is 5. The van der Waals surface area contributed by atoms with Crippen LogP contribution in [0.3, 0.4) is 0 Å². The van der Waals surface area contributed by atoms with Crippen LogP contribution < -0.4 is 0 Å². The third kappa shape index (κ3) is 4.70. The molecule has 3 aromatic rings. The fraction of sp³-hybridized carbons (Fsp3) is 0.375. The second-order valence-corrected chi connectivity index (χ2v) is 8.69. The highest BCUT2D eigenvalue weighted by Crippen LogP contribution is 2.34. The van der Waals surface area contributed by atoms with Crippen LogP contribution in [0.15, 0.2) is 30.3 Å². The molecule has 1 atom stereocenters. The van der Waals surface area contributed by atoms with E-state index in [4.69, 9.17) is 10.00 Å². The SMILES string of the molecule is Cc1c(C(=O)OC(C)(C)C)c(-c2ccc(C#N)cc2)c(C)n1Cc1cc(C(C)O)n[nH]1. The van der Waals surface area contributed by atoms with Crippen molar-refractivity contribution in [3.63, 3.8) is 0 Å². The quantitative estimate of drug-likeness (QED) is 0.595. The summed E-state index contributed by atoms with van der Waals surface area (Å²) in [6, 6.07) is 11.1. The molecule has 0 saturated carbocycles. The fourth-order valence-electron chi connectivity index (χ4n) is 3.61. The monoisotopic (exact) mass is 420 g/mol. The second-order valence-electron chi connectivity index (χ2n) is 8.69. The van der Waals surface area contributed by atoms with Crippen LogP contribution >= 0.6 is 0 Å². The molecule has 0 saturated heterocycles. The number of aliphatic hydroxyl groups excluding tert-OH is 1. The van der Waals surface area contributed by atoms with Gasteiger partial charge in [0, 0.05) is 17.0 Å². The van der Waals surface area contributed by atoms with E-state index in [1.54, 1.807) is 19.1 Å². The topological polar surface area (TPSA) is 104 Å². The van der Waals surface area contributed by atoms with E-state index in [-0.39, 0.29) is 5.97 Å². The zero-order chi connectivity index (χ0) is 22.9. The number of carbonyl (C=O) groups is 1. The Balaban J connectivity index is 2.13. The van der Waals surface area contributed by atoms with Crippen LogP contribution in [0.25, 0.3) is 11.1 Å². The molecule has 3 rings (SSSR count). The van der Waals surface area contributed by atoms with E-state index in [0.29, 0.717) is 23.4 Å². The third-order valence-electron chi connectivity index (χ3n) is 5.10. The predicted octanol–water partition coefficient (Wildman–Crippen LogP) is 4.42. The number of aromatic nitrogens is 3. The standard InChI is InChI=1S/C24H28N4O3/c1-14-21(18-9-7-17(12-25)8-10-18)22(23(30)31-24(4,5)6)15(2)28(14)13-19-11-20(16(3)29)27-26-19/h7-11,16,29H,13H2,1-6H3,(H,26,27). The van der Waals surface area contributed by atoms with Crippen LogP contribution in [0.2, 0.25) is 0 Å². The van der Waals surface area contributed by atoms with Crippen molar-refractivity contribution in [2.24, 2.45) is 0 Å². The van der Waals surface area contributed by atoms with Gasteiger partial charge in [-0.2, -0.15) is 10.4 Å². The van der Waals surface area contributed by atoms with E-state index in [2.05, 4.69) is 16.3 Å². The second kappa shape index (κ2) is 8.40. The van der Waals surface area contributed by atoms with Gasteiger partial charge in [-0.05, 0) is 65.3 Å². The van der Waals surface area contributed by atoms with Crippen molar-refractivity contribution < 1.29 is 14.6 Å². The summed E-state index contributed by atoms with van der Waals surface area (Å²) in [5.41, 5.74) is 5.12. The summed E-state index contributed by atoms with van der Waals surface area (Å²) in [4.78, 5) is 13.2. The summed E-state index contributed by atoms with van der Waals surface area (Å²) in [6.45, 7) is 11.5. The maximum atomic E-state index is 13.2. The molecule has 0 aliphatic heterocycles. The molecule has 0 radical (unpaired) electrons. The van der Waals surface area contributed by atoms with Gasteiger partial charge in [-0.15, -0.1) is 0 Å². The Morgan fingerprint density at radius 1 is 1.26 bits per heavy atom. The first kappa shape index (κ1) is 22.3. The summed E-state index contributed by atoms with van der Waals surface area (Å²) < 4.78 is 7.74. The number of hydrogen-bond donors (Lipinski definition) is 2. The summed E-state index contributed by atoms with van der Waals surface area (Å²) in [7, 11) is 0. The van der Waals surface area contributed by atoms with Gasteiger partial charge >= 0.3 is 5.97 Å². The number of esters is 1. The van der Waals surface area contributed by atoms with Gasteiger partial charge in [0.1, 0.15) is 5.60 Å². The normalized spacial score (nSPS) is 12.5. The number of aromatic amines is 1. The summed E-state index contributed by atoms with van der Waals surface area (Å²) in [5, 5.41) is 26.0. The molecule has 162 valence electrons. The van der Waals surface area contributed by atoms with Crippen LogP contribution in [0, 0.1) is 25.2 Å². The first-order chi connectivity index (χ1) is 14.5. The summed E-state index contributed by atoms with van der Waals surface area (Å²) in [6.07, 6.45) is -0.664. The number of aliphatic hydroxyl groups is 1. The molecule has 0 spiro atoms. The van der Waals surface area contributed by atoms with Gasteiger partial charge in [-0.3, -0.25) is 5.10 Å². The summed E-state index contributed by atoms with van der Waals surface area (Å²) in [5.74, 6) is -0.388. The highest BCUT2D eigenvalue weighted by Gasteiger charge is 2.28. The van der Waals surface area contributed by atoms with Crippen LogP contribution in [0.1, 0.15) is 72.5 Å². The van der Waals surface area contributed by atoms with Crippen molar-refractivity contribution in [1.29, 1.82) is 5.26 Å². The largest absolute Gasteiger partial charge is 0.456 e. The molecule has 7 heteroatoms. The zero-order valence-electron chi connectivity index (χ0n) is 18.8. The lowest BCUT2D eigenvalue weighted by atomic mass is 9.99. The van der Waals surface area contributed by atoms with Gasteiger partial charge < -0.3 is 14.4 Å². The Morgan fingerprint density at radius 2 is 1.90 bits per heavy atom. The first-order valence-corrected chi connectivity index (χ1v) is 10.2. The van der Waals surface area contributed by atoms with Crippen molar-refractivity contribution in [3.8, 4) is 17.2 Å². The molecule has 0 fully saturated rings. The Morgan fingerprint density at radius 3 is 2.42 bits per heavy atom. The number of benzene rings is 1. The van der Waals surface area contributed by atoms with Crippen LogP contribution in [0.5, 0.6) is 0 Å². The summed E-state index contributed by atoms with van der Waals surface area (Å²) >= 11 is 0. The molecule has 2 aromatic heterocycles. The van der Waals surface area contributed by atoms with Crippen molar-refractivity contribution in [3.05, 3.63) is 64.2 Å². The minimum absolute atomic E-state index is 0.388. The average molecular weight is 421 g/mol. The maximum Gasteiger partial charge on any atom is 0.341 e. The number of hydrogen-bond acceptors (Lipinski definition) is 5. The smallest absolute Gasteiger partial charge is 0.341 e. The third-order valence-corrected chi connectivity index (χ3v) is 5.10. The molecule has 2 heterocycles. The molecule has 1 aromatic carbocycles. The molecule has 1 unspecified atom stereocenters. The number of H-pyrrole nitrogens is 1. The molecular formula is C24H28N4O3. The van der Waals surface area contributed by atoms with Gasteiger partial charge in [0.2, 0.25) is 0 Å². The van der Waals surface area contributed by atoms with E-state index in [1.165, 1.54) is 0 Å². The Hall–Kier alpha value is -3.37. The van der Waals surface area contributed by atoms with Crippen molar-refractivity contribution in [2.45, 2.75) is 59.8 Å².